The van der Waals surface area contributed by atoms with Crippen LogP contribution in [0.4, 0.5) is 8.78 Å². The van der Waals surface area contributed by atoms with Crippen molar-refractivity contribution in [2.24, 2.45) is 5.41 Å². The van der Waals surface area contributed by atoms with Crippen molar-refractivity contribution in [2.45, 2.75) is 19.3 Å². The van der Waals surface area contributed by atoms with E-state index in [9.17, 15) is 13.6 Å². The lowest BCUT2D eigenvalue weighted by molar-refractivity contribution is -0.136. The van der Waals surface area contributed by atoms with Crippen LogP contribution in [0.2, 0.25) is 0 Å². The average Bonchev–Trinajstić information content (AvgIpc) is 2.69. The first kappa shape index (κ1) is 19.5. The summed E-state index contributed by atoms with van der Waals surface area (Å²) in [5.41, 5.74) is 1.70. The zero-order valence-electron chi connectivity index (χ0n) is 15.0. The molecule has 0 aromatic heterocycles. The van der Waals surface area contributed by atoms with Gasteiger partial charge in [-0.25, -0.2) is 8.78 Å². The van der Waals surface area contributed by atoms with E-state index in [1.54, 1.807) is 0 Å². The number of benzene rings is 2. The summed E-state index contributed by atoms with van der Waals surface area (Å²) in [6, 6.07) is 11.3. The highest BCUT2D eigenvalue weighted by atomic mass is 19.2. The molecule has 4 nitrogen and oxygen atoms in total. The zero-order chi connectivity index (χ0) is 19.3. The minimum absolute atomic E-state index is 0.0851. The third-order valence-electron chi connectivity index (χ3n) is 5.05. The van der Waals surface area contributed by atoms with E-state index in [1.807, 2.05) is 24.3 Å². The Morgan fingerprint density at radius 2 is 1.81 bits per heavy atom. The fourth-order valence-electron chi connectivity index (χ4n) is 3.53. The standard InChI is InChI=1S/C21H23F2NO3/c22-18-5-4-17(13-19(18)23)16-3-1-2-15(12-16)14-21(6-10-27-11-7-21)20(26)24-8-9-25/h1-5,12-13,25H,6-11,14H2,(H,24,26). The molecule has 0 saturated carbocycles. The molecule has 0 atom stereocenters. The number of carbonyl (C=O) groups excluding carboxylic acids is 1. The number of amides is 1. The topological polar surface area (TPSA) is 58.6 Å². The van der Waals surface area contributed by atoms with Crippen molar-refractivity contribution >= 4 is 5.91 Å². The molecule has 1 aliphatic heterocycles. The highest BCUT2D eigenvalue weighted by Crippen LogP contribution is 2.35. The fraction of sp³-hybridized carbons (Fsp3) is 0.381. The molecule has 6 heteroatoms. The second kappa shape index (κ2) is 8.59. The van der Waals surface area contributed by atoms with Crippen LogP contribution in [0, 0.1) is 17.0 Å². The van der Waals surface area contributed by atoms with Gasteiger partial charge in [0, 0.05) is 19.8 Å². The SMILES string of the molecule is O=C(NCCO)C1(Cc2cccc(-c3ccc(F)c(F)c3)c2)CCOCC1. The Balaban J connectivity index is 1.86. The van der Waals surface area contributed by atoms with Crippen molar-refractivity contribution in [1.29, 1.82) is 0 Å². The van der Waals surface area contributed by atoms with Crippen LogP contribution in [0.15, 0.2) is 42.5 Å². The van der Waals surface area contributed by atoms with E-state index in [2.05, 4.69) is 5.32 Å². The van der Waals surface area contributed by atoms with E-state index in [4.69, 9.17) is 9.84 Å². The van der Waals surface area contributed by atoms with Gasteiger partial charge in [-0.05, 0) is 48.1 Å². The minimum atomic E-state index is -0.887. The van der Waals surface area contributed by atoms with Crippen LogP contribution in [0.5, 0.6) is 0 Å². The second-order valence-electron chi connectivity index (χ2n) is 6.88. The molecular weight excluding hydrogens is 352 g/mol. The van der Waals surface area contributed by atoms with Gasteiger partial charge in [0.15, 0.2) is 11.6 Å². The summed E-state index contributed by atoms with van der Waals surface area (Å²) in [5.74, 6) is -1.85. The summed E-state index contributed by atoms with van der Waals surface area (Å²) in [6.45, 7) is 1.13. The molecule has 1 saturated heterocycles. The number of nitrogens with one attached hydrogen (secondary N) is 1. The number of ether oxygens (including phenoxy) is 1. The fourth-order valence-corrected chi connectivity index (χ4v) is 3.53. The molecule has 2 aromatic carbocycles. The normalized spacial score (nSPS) is 16.1. The molecule has 144 valence electrons. The number of aliphatic hydroxyl groups is 1. The molecule has 27 heavy (non-hydrogen) atoms. The van der Waals surface area contributed by atoms with Crippen molar-refractivity contribution in [3.63, 3.8) is 0 Å². The van der Waals surface area contributed by atoms with Crippen molar-refractivity contribution in [3.05, 3.63) is 59.7 Å². The lowest BCUT2D eigenvalue weighted by Gasteiger charge is -2.36. The molecular formula is C21H23F2NO3. The third kappa shape index (κ3) is 4.51. The molecule has 2 aromatic rings. The van der Waals surface area contributed by atoms with Crippen molar-refractivity contribution in [2.75, 3.05) is 26.4 Å². The van der Waals surface area contributed by atoms with E-state index in [-0.39, 0.29) is 19.1 Å². The van der Waals surface area contributed by atoms with E-state index < -0.39 is 17.0 Å². The summed E-state index contributed by atoms with van der Waals surface area (Å²) in [5, 5.41) is 11.8. The van der Waals surface area contributed by atoms with Gasteiger partial charge in [0.25, 0.3) is 0 Å². The molecule has 1 amide bonds. The quantitative estimate of drug-likeness (QED) is 0.816. The lowest BCUT2D eigenvalue weighted by atomic mass is 9.74. The number of hydrogen-bond acceptors (Lipinski definition) is 3. The highest BCUT2D eigenvalue weighted by Gasteiger charge is 2.39. The van der Waals surface area contributed by atoms with Crippen LogP contribution in [-0.2, 0) is 16.0 Å². The predicted molar refractivity (Wildman–Crippen MR) is 98.1 cm³/mol. The first-order valence-electron chi connectivity index (χ1n) is 9.05. The van der Waals surface area contributed by atoms with Gasteiger partial charge in [0.05, 0.1) is 12.0 Å². The van der Waals surface area contributed by atoms with Crippen LogP contribution in [-0.4, -0.2) is 37.4 Å². The van der Waals surface area contributed by atoms with E-state index in [1.165, 1.54) is 12.1 Å². The van der Waals surface area contributed by atoms with Gasteiger partial charge >= 0.3 is 0 Å². The largest absolute Gasteiger partial charge is 0.395 e. The smallest absolute Gasteiger partial charge is 0.226 e. The van der Waals surface area contributed by atoms with Crippen molar-refractivity contribution in [3.8, 4) is 11.1 Å². The molecule has 0 unspecified atom stereocenters. The Kier molecular flexibility index (Phi) is 6.19. The van der Waals surface area contributed by atoms with Crippen LogP contribution < -0.4 is 5.32 Å². The molecule has 1 fully saturated rings. The second-order valence-corrected chi connectivity index (χ2v) is 6.88. The molecule has 0 aliphatic carbocycles. The van der Waals surface area contributed by atoms with Gasteiger partial charge in [-0.3, -0.25) is 4.79 Å². The van der Waals surface area contributed by atoms with Crippen molar-refractivity contribution in [1.82, 2.24) is 5.32 Å². The average molecular weight is 375 g/mol. The van der Waals surface area contributed by atoms with Crippen LogP contribution in [0.1, 0.15) is 18.4 Å². The first-order chi connectivity index (χ1) is 13.0. The van der Waals surface area contributed by atoms with Gasteiger partial charge in [0.1, 0.15) is 0 Å². The first-order valence-corrected chi connectivity index (χ1v) is 9.05. The van der Waals surface area contributed by atoms with Gasteiger partial charge in [-0.1, -0.05) is 30.3 Å². The zero-order valence-corrected chi connectivity index (χ0v) is 15.0. The summed E-state index contributed by atoms with van der Waals surface area (Å²) in [7, 11) is 0. The van der Waals surface area contributed by atoms with E-state index in [0.29, 0.717) is 38.0 Å². The maximum Gasteiger partial charge on any atom is 0.226 e. The van der Waals surface area contributed by atoms with Crippen molar-refractivity contribution < 1.29 is 23.4 Å². The lowest BCUT2D eigenvalue weighted by Crippen LogP contribution is -2.46. The van der Waals surface area contributed by atoms with Gasteiger partial charge in [-0.2, -0.15) is 0 Å². The van der Waals surface area contributed by atoms with Gasteiger partial charge < -0.3 is 15.2 Å². The summed E-state index contributed by atoms with van der Waals surface area (Å²) < 4.78 is 32.2. The molecule has 0 spiro atoms. The monoisotopic (exact) mass is 375 g/mol. The predicted octanol–water partition coefficient (Wildman–Crippen LogP) is 3.08. The minimum Gasteiger partial charge on any atom is -0.395 e. The van der Waals surface area contributed by atoms with Crippen LogP contribution >= 0.6 is 0 Å². The summed E-state index contributed by atoms with van der Waals surface area (Å²) in [4.78, 5) is 12.8. The maximum atomic E-state index is 13.6. The Bertz CT molecular complexity index is 804. The third-order valence-corrected chi connectivity index (χ3v) is 5.05. The molecule has 0 bridgehead atoms. The highest BCUT2D eigenvalue weighted by molar-refractivity contribution is 5.83. The van der Waals surface area contributed by atoms with E-state index in [0.717, 1.165) is 17.2 Å². The Morgan fingerprint density at radius 1 is 1.07 bits per heavy atom. The number of halogens is 2. The van der Waals surface area contributed by atoms with Crippen LogP contribution in [0.25, 0.3) is 11.1 Å². The molecule has 1 heterocycles. The number of carbonyl (C=O) groups is 1. The Hall–Kier alpha value is -2.31. The number of rotatable bonds is 6. The molecule has 0 radical (unpaired) electrons. The molecule has 3 rings (SSSR count). The Labute approximate surface area is 157 Å². The number of aliphatic hydroxyl groups excluding tert-OH is 1. The Morgan fingerprint density at radius 3 is 2.52 bits per heavy atom. The summed E-state index contributed by atoms with van der Waals surface area (Å²) >= 11 is 0. The van der Waals surface area contributed by atoms with Crippen LogP contribution in [0.3, 0.4) is 0 Å². The van der Waals surface area contributed by atoms with Gasteiger partial charge in [0.2, 0.25) is 5.91 Å². The summed E-state index contributed by atoms with van der Waals surface area (Å²) in [6.07, 6.45) is 1.71. The maximum absolute atomic E-state index is 13.6. The molecule has 1 aliphatic rings. The van der Waals surface area contributed by atoms with Gasteiger partial charge in [-0.15, -0.1) is 0 Å². The van der Waals surface area contributed by atoms with E-state index >= 15 is 0 Å². The number of hydrogen-bond donors (Lipinski definition) is 2. The molecule has 2 N–H and O–H groups in total.